The Labute approximate surface area is 106 Å². The quantitative estimate of drug-likeness (QED) is 0.590. The summed E-state index contributed by atoms with van der Waals surface area (Å²) in [4.78, 5) is 7.11. The lowest BCUT2D eigenvalue weighted by Crippen LogP contribution is -2.47. The first-order chi connectivity index (χ1) is 8.03. The Morgan fingerprint density at radius 3 is 2.71 bits per heavy atom. The molecule has 0 bridgehead atoms. The summed E-state index contributed by atoms with van der Waals surface area (Å²) in [6.45, 7) is 12.3. The molecule has 98 valence electrons. The number of hydrogen-bond donors (Lipinski definition) is 1. The van der Waals surface area contributed by atoms with Crippen molar-refractivity contribution in [2.75, 3.05) is 19.6 Å². The number of hydrogen-bond acceptors (Lipinski definition) is 1. The highest BCUT2D eigenvalue weighted by molar-refractivity contribution is 5.81. The third kappa shape index (κ3) is 3.14. The zero-order chi connectivity index (χ0) is 12.5. The predicted molar refractivity (Wildman–Crippen MR) is 73.3 cm³/mol. The largest absolute Gasteiger partial charge is 0.353 e. The highest BCUT2D eigenvalue weighted by Crippen LogP contribution is 2.44. The van der Waals surface area contributed by atoms with Crippen molar-refractivity contribution in [2.45, 2.75) is 53.0 Å². The smallest absolute Gasteiger partial charge is 0.194 e. The minimum atomic E-state index is 0.468. The van der Waals surface area contributed by atoms with Gasteiger partial charge in [-0.05, 0) is 37.5 Å². The lowest BCUT2D eigenvalue weighted by atomic mass is 10.0. The summed E-state index contributed by atoms with van der Waals surface area (Å²) in [5.74, 6) is 1.95. The van der Waals surface area contributed by atoms with E-state index in [0.29, 0.717) is 11.5 Å². The highest BCUT2D eigenvalue weighted by Gasteiger charge is 2.46. The van der Waals surface area contributed by atoms with Gasteiger partial charge in [-0.2, -0.15) is 0 Å². The second-order valence-corrected chi connectivity index (χ2v) is 6.38. The minimum Gasteiger partial charge on any atom is -0.353 e. The molecule has 0 aromatic rings. The van der Waals surface area contributed by atoms with Gasteiger partial charge in [0.1, 0.15) is 0 Å². The first-order valence-corrected chi connectivity index (χ1v) is 7.09. The lowest BCUT2D eigenvalue weighted by molar-refractivity contribution is 0.264. The molecular formula is C14H27N3. The molecule has 1 heterocycles. The molecule has 1 aliphatic carbocycles. The fourth-order valence-electron chi connectivity index (χ4n) is 2.64. The van der Waals surface area contributed by atoms with Crippen molar-refractivity contribution in [2.24, 2.45) is 16.3 Å². The van der Waals surface area contributed by atoms with Gasteiger partial charge in [0.15, 0.2) is 5.96 Å². The molecule has 0 amide bonds. The van der Waals surface area contributed by atoms with Crippen LogP contribution in [-0.4, -0.2) is 36.5 Å². The van der Waals surface area contributed by atoms with Crippen molar-refractivity contribution in [1.82, 2.24) is 10.2 Å². The lowest BCUT2D eigenvalue weighted by Gasteiger charge is -2.34. The number of rotatable bonds is 2. The second kappa shape index (κ2) is 4.87. The number of nitrogens with one attached hydrogen (secondary N) is 1. The Balaban J connectivity index is 1.95. The molecule has 1 N–H and O–H groups in total. The molecule has 0 radical (unpaired) electrons. The summed E-state index contributed by atoms with van der Waals surface area (Å²) in [5, 5.41) is 3.65. The molecule has 1 aliphatic heterocycles. The van der Waals surface area contributed by atoms with E-state index in [1.807, 2.05) is 0 Å². The van der Waals surface area contributed by atoms with E-state index in [1.54, 1.807) is 0 Å². The van der Waals surface area contributed by atoms with E-state index in [1.165, 1.54) is 32.4 Å². The van der Waals surface area contributed by atoms with E-state index in [2.05, 4.69) is 42.9 Å². The zero-order valence-electron chi connectivity index (χ0n) is 11.8. The molecule has 2 atom stereocenters. The second-order valence-electron chi connectivity index (χ2n) is 6.38. The Morgan fingerprint density at radius 1 is 1.47 bits per heavy atom. The summed E-state index contributed by atoms with van der Waals surface area (Å²) in [6.07, 6.45) is 3.95. The van der Waals surface area contributed by atoms with E-state index in [4.69, 9.17) is 0 Å². The van der Waals surface area contributed by atoms with Gasteiger partial charge >= 0.3 is 0 Å². The van der Waals surface area contributed by atoms with Crippen molar-refractivity contribution >= 4 is 5.96 Å². The molecule has 3 heteroatoms. The Hall–Kier alpha value is -0.730. The Bertz CT molecular complexity index is 296. The Morgan fingerprint density at radius 2 is 2.18 bits per heavy atom. The van der Waals surface area contributed by atoms with E-state index in [9.17, 15) is 0 Å². The van der Waals surface area contributed by atoms with Crippen LogP contribution in [0.5, 0.6) is 0 Å². The summed E-state index contributed by atoms with van der Waals surface area (Å²) in [7, 11) is 0. The third-order valence-corrected chi connectivity index (χ3v) is 4.08. The van der Waals surface area contributed by atoms with Gasteiger partial charge in [-0.1, -0.05) is 20.8 Å². The average molecular weight is 237 g/mol. The van der Waals surface area contributed by atoms with Gasteiger partial charge < -0.3 is 10.2 Å². The Kier molecular flexibility index (Phi) is 3.64. The van der Waals surface area contributed by atoms with Crippen molar-refractivity contribution in [3.05, 3.63) is 0 Å². The molecule has 2 aliphatic rings. The van der Waals surface area contributed by atoms with Crippen LogP contribution < -0.4 is 5.32 Å². The van der Waals surface area contributed by atoms with Crippen molar-refractivity contribution < 1.29 is 0 Å². The van der Waals surface area contributed by atoms with Crippen molar-refractivity contribution in [1.29, 1.82) is 0 Å². The topological polar surface area (TPSA) is 27.6 Å². The third-order valence-electron chi connectivity index (χ3n) is 4.08. The zero-order valence-corrected chi connectivity index (χ0v) is 11.8. The van der Waals surface area contributed by atoms with Crippen molar-refractivity contribution in [3.63, 3.8) is 0 Å². The van der Waals surface area contributed by atoms with Crippen LogP contribution in [-0.2, 0) is 0 Å². The van der Waals surface area contributed by atoms with Crippen LogP contribution in [0.2, 0.25) is 0 Å². The van der Waals surface area contributed by atoms with E-state index < -0.39 is 0 Å². The van der Waals surface area contributed by atoms with Gasteiger partial charge in [0.25, 0.3) is 0 Å². The van der Waals surface area contributed by atoms with Gasteiger partial charge in [-0.15, -0.1) is 0 Å². The van der Waals surface area contributed by atoms with Crippen LogP contribution in [0.4, 0.5) is 0 Å². The molecule has 0 spiro atoms. The molecule has 17 heavy (non-hydrogen) atoms. The van der Waals surface area contributed by atoms with Crippen LogP contribution in [0.25, 0.3) is 0 Å². The van der Waals surface area contributed by atoms with E-state index in [0.717, 1.165) is 18.4 Å². The summed E-state index contributed by atoms with van der Waals surface area (Å²) < 4.78 is 0. The standard InChI is InChI=1S/C14H27N3/c1-5-15-13(16-12-9-14(12,3)4)17-8-6-7-11(2)10-17/h11-12H,5-10H2,1-4H3,(H,15,16). The fourth-order valence-corrected chi connectivity index (χ4v) is 2.64. The maximum Gasteiger partial charge on any atom is 0.194 e. The van der Waals surface area contributed by atoms with E-state index >= 15 is 0 Å². The number of likely N-dealkylation sites (tertiary alicyclic amines) is 1. The van der Waals surface area contributed by atoms with E-state index in [-0.39, 0.29) is 0 Å². The molecule has 2 fully saturated rings. The maximum atomic E-state index is 4.66. The average Bonchev–Trinajstić information content (AvgIpc) is 2.85. The van der Waals surface area contributed by atoms with Crippen LogP contribution in [0, 0.1) is 11.3 Å². The molecule has 1 saturated carbocycles. The van der Waals surface area contributed by atoms with Gasteiger partial charge in [-0.25, -0.2) is 0 Å². The van der Waals surface area contributed by atoms with Gasteiger partial charge in [0, 0.05) is 25.7 Å². The van der Waals surface area contributed by atoms with Crippen molar-refractivity contribution in [3.8, 4) is 0 Å². The molecule has 0 aromatic heterocycles. The predicted octanol–water partition coefficient (Wildman–Crippen LogP) is 2.48. The van der Waals surface area contributed by atoms with Crippen LogP contribution in [0.1, 0.15) is 47.0 Å². The van der Waals surface area contributed by atoms with Gasteiger partial charge in [0.05, 0.1) is 0 Å². The summed E-state index contributed by atoms with van der Waals surface area (Å²) in [5.41, 5.74) is 0.468. The van der Waals surface area contributed by atoms with Crippen LogP contribution in [0.3, 0.4) is 0 Å². The normalized spacial score (nSPS) is 32.5. The number of nitrogens with zero attached hydrogens (tertiary/aromatic N) is 2. The monoisotopic (exact) mass is 237 g/mol. The molecular weight excluding hydrogens is 210 g/mol. The first kappa shape index (κ1) is 12.7. The number of piperidine rings is 1. The molecule has 0 aromatic carbocycles. The fraction of sp³-hybridized carbons (Fsp3) is 0.929. The SMILES string of the molecule is CCN=C(NC1CC1(C)C)N1CCCC(C)C1. The maximum absolute atomic E-state index is 4.66. The minimum absolute atomic E-state index is 0.468. The summed E-state index contributed by atoms with van der Waals surface area (Å²) >= 11 is 0. The molecule has 3 nitrogen and oxygen atoms in total. The molecule has 2 rings (SSSR count). The summed E-state index contributed by atoms with van der Waals surface area (Å²) in [6, 6.07) is 0.630. The molecule has 2 unspecified atom stereocenters. The van der Waals surface area contributed by atoms with Gasteiger partial charge in [0.2, 0.25) is 0 Å². The number of aliphatic imine (C=N–C) groups is 1. The molecule has 1 saturated heterocycles. The van der Waals surface area contributed by atoms with Crippen LogP contribution >= 0.6 is 0 Å². The highest BCUT2D eigenvalue weighted by atomic mass is 15.3. The van der Waals surface area contributed by atoms with Crippen LogP contribution in [0.15, 0.2) is 4.99 Å². The number of guanidine groups is 1. The van der Waals surface area contributed by atoms with Gasteiger partial charge in [-0.3, -0.25) is 4.99 Å². The first-order valence-electron chi connectivity index (χ1n) is 7.09.